The lowest BCUT2D eigenvalue weighted by Crippen LogP contribution is -2.29. The molecule has 0 aliphatic heterocycles. The van der Waals surface area contributed by atoms with Gasteiger partial charge in [0.25, 0.3) is 0 Å². The van der Waals surface area contributed by atoms with Gasteiger partial charge in [-0.1, -0.05) is 13.3 Å². The average molecular weight is 195 g/mol. The number of anilines is 1. The topological polar surface area (TPSA) is 75.1 Å². The number of carboxylic acid groups (broad SMARTS) is 1. The van der Waals surface area contributed by atoms with Crippen LogP contribution in [0.5, 0.6) is 0 Å². The van der Waals surface area contributed by atoms with E-state index >= 15 is 0 Å². The smallest absolute Gasteiger partial charge is 0.326 e. The molecular formula is C9H13N3O2. The fourth-order valence-corrected chi connectivity index (χ4v) is 1.08. The number of carboxylic acids is 1. The Morgan fingerprint density at radius 2 is 2.21 bits per heavy atom. The van der Waals surface area contributed by atoms with Crippen LogP contribution in [-0.2, 0) is 4.79 Å². The van der Waals surface area contributed by atoms with Gasteiger partial charge in [-0.05, 0) is 12.5 Å². The van der Waals surface area contributed by atoms with Crippen LogP contribution in [0.2, 0.25) is 0 Å². The van der Waals surface area contributed by atoms with E-state index in [-0.39, 0.29) is 0 Å². The van der Waals surface area contributed by atoms with Crippen molar-refractivity contribution in [3.05, 3.63) is 18.5 Å². The molecule has 0 fully saturated rings. The van der Waals surface area contributed by atoms with Crippen molar-refractivity contribution in [3.8, 4) is 0 Å². The second-order valence-electron chi connectivity index (χ2n) is 2.90. The Morgan fingerprint density at radius 3 is 2.71 bits per heavy atom. The summed E-state index contributed by atoms with van der Waals surface area (Å²) in [6.45, 7) is 1.93. The molecule has 1 aromatic rings. The first-order valence-electron chi connectivity index (χ1n) is 4.50. The second kappa shape index (κ2) is 5.16. The highest BCUT2D eigenvalue weighted by atomic mass is 16.4. The molecule has 0 aromatic carbocycles. The van der Waals surface area contributed by atoms with Crippen molar-refractivity contribution >= 4 is 11.9 Å². The Bertz CT molecular complexity index is 289. The fraction of sp³-hybridized carbons (Fsp3) is 0.444. The number of hydrogen-bond acceptors (Lipinski definition) is 4. The summed E-state index contributed by atoms with van der Waals surface area (Å²) in [5.41, 5.74) is 0. The normalized spacial score (nSPS) is 12.1. The molecule has 0 radical (unpaired) electrons. The van der Waals surface area contributed by atoms with Gasteiger partial charge in [-0.25, -0.2) is 14.8 Å². The van der Waals surface area contributed by atoms with Gasteiger partial charge in [0.05, 0.1) is 0 Å². The molecule has 0 saturated carbocycles. The van der Waals surface area contributed by atoms with E-state index in [1.165, 1.54) is 0 Å². The highest BCUT2D eigenvalue weighted by Gasteiger charge is 2.16. The molecule has 0 bridgehead atoms. The minimum Gasteiger partial charge on any atom is -0.480 e. The number of aliphatic carboxylic acids is 1. The lowest BCUT2D eigenvalue weighted by atomic mass is 10.2. The minimum absolute atomic E-state index is 0.355. The summed E-state index contributed by atoms with van der Waals surface area (Å²) < 4.78 is 0. The van der Waals surface area contributed by atoms with Gasteiger partial charge in [0, 0.05) is 12.4 Å². The van der Waals surface area contributed by atoms with Crippen molar-refractivity contribution in [2.45, 2.75) is 25.8 Å². The van der Waals surface area contributed by atoms with E-state index in [4.69, 9.17) is 5.11 Å². The van der Waals surface area contributed by atoms with Crippen molar-refractivity contribution in [1.29, 1.82) is 0 Å². The van der Waals surface area contributed by atoms with Gasteiger partial charge in [0.15, 0.2) is 0 Å². The van der Waals surface area contributed by atoms with Crippen LogP contribution in [0.1, 0.15) is 19.8 Å². The van der Waals surface area contributed by atoms with Gasteiger partial charge < -0.3 is 10.4 Å². The maximum atomic E-state index is 10.8. The highest BCUT2D eigenvalue weighted by molar-refractivity contribution is 5.76. The van der Waals surface area contributed by atoms with Gasteiger partial charge in [-0.15, -0.1) is 0 Å². The van der Waals surface area contributed by atoms with Gasteiger partial charge in [-0.3, -0.25) is 0 Å². The zero-order valence-electron chi connectivity index (χ0n) is 7.97. The van der Waals surface area contributed by atoms with Crippen molar-refractivity contribution in [1.82, 2.24) is 9.97 Å². The van der Waals surface area contributed by atoms with Gasteiger partial charge >= 0.3 is 5.97 Å². The largest absolute Gasteiger partial charge is 0.480 e. The van der Waals surface area contributed by atoms with Crippen LogP contribution in [-0.4, -0.2) is 27.1 Å². The van der Waals surface area contributed by atoms with Crippen LogP contribution in [0.4, 0.5) is 5.95 Å². The predicted molar refractivity (Wildman–Crippen MR) is 52.0 cm³/mol. The summed E-state index contributed by atoms with van der Waals surface area (Å²) in [6.07, 6.45) is 4.50. The molecule has 0 aliphatic rings. The van der Waals surface area contributed by atoms with E-state index in [9.17, 15) is 4.79 Å². The standard InChI is InChI=1S/C9H13N3O2/c1-2-4-7(8(13)14)12-9-10-5-3-6-11-9/h3,5-7H,2,4H2,1H3,(H,13,14)(H,10,11,12). The lowest BCUT2D eigenvalue weighted by molar-refractivity contribution is -0.138. The summed E-state index contributed by atoms with van der Waals surface area (Å²) >= 11 is 0. The highest BCUT2D eigenvalue weighted by Crippen LogP contribution is 2.04. The molecular weight excluding hydrogens is 182 g/mol. The van der Waals surface area contributed by atoms with E-state index in [2.05, 4.69) is 15.3 Å². The van der Waals surface area contributed by atoms with E-state index in [1.54, 1.807) is 18.5 Å². The molecule has 5 heteroatoms. The number of carbonyl (C=O) groups is 1. The first kappa shape index (κ1) is 10.4. The summed E-state index contributed by atoms with van der Waals surface area (Å²) in [4.78, 5) is 18.6. The van der Waals surface area contributed by atoms with Crippen LogP contribution in [0.25, 0.3) is 0 Å². The van der Waals surface area contributed by atoms with E-state index in [0.717, 1.165) is 6.42 Å². The Hall–Kier alpha value is -1.65. The molecule has 0 spiro atoms. The summed E-state index contributed by atoms with van der Waals surface area (Å²) in [5.74, 6) is -0.521. The maximum Gasteiger partial charge on any atom is 0.326 e. The number of nitrogens with one attached hydrogen (secondary N) is 1. The summed E-state index contributed by atoms with van der Waals surface area (Å²) in [6, 6.07) is 1.07. The van der Waals surface area contributed by atoms with Crippen LogP contribution in [0, 0.1) is 0 Å². The van der Waals surface area contributed by atoms with Crippen LogP contribution in [0.3, 0.4) is 0 Å². The molecule has 0 aliphatic carbocycles. The Kier molecular flexibility index (Phi) is 3.84. The molecule has 1 atom stereocenters. The van der Waals surface area contributed by atoms with Gasteiger partial charge in [0.1, 0.15) is 6.04 Å². The first-order chi connectivity index (χ1) is 6.74. The van der Waals surface area contributed by atoms with Crippen molar-refractivity contribution in [2.24, 2.45) is 0 Å². The van der Waals surface area contributed by atoms with Gasteiger partial charge in [0.2, 0.25) is 5.95 Å². The monoisotopic (exact) mass is 195 g/mol. The first-order valence-corrected chi connectivity index (χ1v) is 4.50. The molecule has 76 valence electrons. The molecule has 1 heterocycles. The zero-order valence-corrected chi connectivity index (χ0v) is 7.97. The Labute approximate surface area is 82.2 Å². The Balaban J connectivity index is 2.60. The number of hydrogen-bond donors (Lipinski definition) is 2. The minimum atomic E-state index is -0.876. The predicted octanol–water partition coefficient (Wildman–Crippen LogP) is 1.14. The van der Waals surface area contributed by atoms with E-state index in [0.29, 0.717) is 12.4 Å². The number of nitrogens with zero attached hydrogens (tertiary/aromatic N) is 2. The van der Waals surface area contributed by atoms with Gasteiger partial charge in [-0.2, -0.15) is 0 Å². The van der Waals surface area contributed by atoms with Crippen LogP contribution >= 0.6 is 0 Å². The zero-order chi connectivity index (χ0) is 10.4. The second-order valence-corrected chi connectivity index (χ2v) is 2.90. The number of rotatable bonds is 5. The fourth-order valence-electron chi connectivity index (χ4n) is 1.08. The third kappa shape index (κ3) is 3.01. The quantitative estimate of drug-likeness (QED) is 0.736. The van der Waals surface area contributed by atoms with E-state index < -0.39 is 12.0 Å². The molecule has 1 unspecified atom stereocenters. The van der Waals surface area contributed by atoms with Crippen LogP contribution < -0.4 is 5.32 Å². The SMILES string of the molecule is CCCC(Nc1ncccn1)C(=O)O. The molecule has 2 N–H and O–H groups in total. The van der Waals surface area contributed by atoms with Crippen LogP contribution in [0.15, 0.2) is 18.5 Å². The summed E-state index contributed by atoms with van der Waals surface area (Å²) in [5, 5.41) is 11.6. The number of aromatic nitrogens is 2. The molecule has 1 rings (SSSR count). The molecule has 0 saturated heterocycles. The molecule has 5 nitrogen and oxygen atoms in total. The van der Waals surface area contributed by atoms with Crippen molar-refractivity contribution < 1.29 is 9.90 Å². The van der Waals surface area contributed by atoms with E-state index in [1.807, 2.05) is 6.92 Å². The Morgan fingerprint density at radius 1 is 1.57 bits per heavy atom. The molecule has 0 amide bonds. The molecule has 1 aromatic heterocycles. The average Bonchev–Trinajstić information content (AvgIpc) is 2.18. The maximum absolute atomic E-state index is 10.8. The summed E-state index contributed by atoms with van der Waals surface area (Å²) in [7, 11) is 0. The third-order valence-electron chi connectivity index (χ3n) is 1.74. The molecule has 14 heavy (non-hydrogen) atoms. The van der Waals surface area contributed by atoms with Crippen molar-refractivity contribution in [3.63, 3.8) is 0 Å². The lowest BCUT2D eigenvalue weighted by Gasteiger charge is -2.12. The van der Waals surface area contributed by atoms with Crippen molar-refractivity contribution in [2.75, 3.05) is 5.32 Å². The third-order valence-corrected chi connectivity index (χ3v) is 1.74.